The molecule has 5 nitrogen and oxygen atoms in total. The number of nitrogens with zero attached hydrogens (tertiary/aromatic N) is 1. The van der Waals surface area contributed by atoms with E-state index >= 15 is 0 Å². The van der Waals surface area contributed by atoms with E-state index in [1.807, 2.05) is 31.2 Å². The molecule has 2 fully saturated rings. The van der Waals surface area contributed by atoms with E-state index in [4.69, 9.17) is 4.42 Å². The van der Waals surface area contributed by atoms with Gasteiger partial charge in [0.05, 0.1) is 6.04 Å². The van der Waals surface area contributed by atoms with Crippen LogP contribution in [0.4, 0.5) is 0 Å². The number of fused-ring (bicyclic) bond motifs is 1. The van der Waals surface area contributed by atoms with Crippen LogP contribution in [0.3, 0.4) is 0 Å². The molecule has 1 amide bonds. The number of aliphatic imine (C=N–C) groups is 1. The molecule has 21 heavy (non-hydrogen) atoms. The zero-order valence-corrected chi connectivity index (χ0v) is 13.0. The molecule has 1 atom stereocenters. The molecule has 4 rings (SSSR count). The molecule has 1 aromatic heterocycles. The van der Waals surface area contributed by atoms with Gasteiger partial charge in [-0.15, -0.1) is 0 Å². The third-order valence-corrected chi connectivity index (χ3v) is 4.38. The van der Waals surface area contributed by atoms with Crippen molar-refractivity contribution in [3.8, 4) is 0 Å². The topological polar surface area (TPSA) is 66.6 Å². The van der Waals surface area contributed by atoms with Crippen molar-refractivity contribution in [2.45, 2.75) is 31.3 Å². The van der Waals surface area contributed by atoms with Crippen LogP contribution in [0.1, 0.15) is 25.5 Å². The third kappa shape index (κ3) is 2.14. The summed E-state index contributed by atoms with van der Waals surface area (Å²) in [6, 6.07) is 8.02. The van der Waals surface area contributed by atoms with Crippen molar-refractivity contribution in [2.24, 2.45) is 4.99 Å². The Bertz CT molecular complexity index is 778. The van der Waals surface area contributed by atoms with Gasteiger partial charge in [-0.2, -0.15) is 0 Å². The van der Waals surface area contributed by atoms with E-state index < -0.39 is 5.54 Å². The second-order valence-electron chi connectivity index (χ2n) is 5.71. The summed E-state index contributed by atoms with van der Waals surface area (Å²) in [6.45, 7) is 1.81. The zero-order valence-electron chi connectivity index (χ0n) is 11.4. The number of nitrogens with one attached hydrogen (secondary N) is 2. The van der Waals surface area contributed by atoms with Crippen LogP contribution < -0.4 is 10.6 Å². The van der Waals surface area contributed by atoms with Gasteiger partial charge in [-0.25, -0.2) is 4.99 Å². The van der Waals surface area contributed by atoms with Gasteiger partial charge in [0.25, 0.3) is 5.91 Å². The van der Waals surface area contributed by atoms with Crippen molar-refractivity contribution in [3.63, 3.8) is 0 Å². The lowest BCUT2D eigenvalue weighted by Gasteiger charge is -2.17. The maximum atomic E-state index is 12.3. The Balaban J connectivity index is 1.74. The number of carbonyl (C=O) groups excluding carboxylic acids is 1. The van der Waals surface area contributed by atoms with Crippen LogP contribution >= 0.6 is 15.9 Å². The van der Waals surface area contributed by atoms with Crippen molar-refractivity contribution in [3.05, 3.63) is 34.5 Å². The van der Waals surface area contributed by atoms with Crippen LogP contribution in [0.25, 0.3) is 11.0 Å². The SMILES string of the molecule is CC1(c2cc3cc(Br)ccc3o2)NC(=NC2CC2)NC1=O. The number of benzene rings is 1. The normalized spacial score (nSPS) is 27.1. The van der Waals surface area contributed by atoms with Gasteiger partial charge < -0.3 is 9.73 Å². The second kappa shape index (κ2) is 4.34. The molecule has 1 saturated carbocycles. The van der Waals surface area contributed by atoms with E-state index in [2.05, 4.69) is 31.6 Å². The number of halogens is 1. The highest BCUT2D eigenvalue weighted by Crippen LogP contribution is 2.32. The summed E-state index contributed by atoms with van der Waals surface area (Å²) in [5.74, 6) is 1.00. The first-order chi connectivity index (χ1) is 10.0. The first-order valence-corrected chi connectivity index (χ1v) is 7.71. The smallest absolute Gasteiger partial charge is 0.260 e. The average Bonchev–Trinajstić information content (AvgIpc) is 3.05. The molecule has 0 radical (unpaired) electrons. The van der Waals surface area contributed by atoms with Crippen LogP contribution in [0.5, 0.6) is 0 Å². The Kier molecular flexibility index (Phi) is 2.66. The van der Waals surface area contributed by atoms with Gasteiger partial charge in [0.1, 0.15) is 11.3 Å². The van der Waals surface area contributed by atoms with Gasteiger partial charge in [0, 0.05) is 9.86 Å². The monoisotopic (exact) mass is 347 g/mol. The second-order valence-corrected chi connectivity index (χ2v) is 6.62. The van der Waals surface area contributed by atoms with Crippen LogP contribution in [-0.2, 0) is 10.3 Å². The first-order valence-electron chi connectivity index (χ1n) is 6.92. The van der Waals surface area contributed by atoms with E-state index in [9.17, 15) is 4.79 Å². The lowest BCUT2D eigenvalue weighted by molar-refractivity contribution is -0.124. The molecule has 1 aliphatic carbocycles. The summed E-state index contributed by atoms with van der Waals surface area (Å²) in [5, 5.41) is 6.93. The quantitative estimate of drug-likeness (QED) is 0.877. The summed E-state index contributed by atoms with van der Waals surface area (Å²) in [7, 11) is 0. The molecule has 1 unspecified atom stereocenters. The highest BCUT2D eigenvalue weighted by Gasteiger charge is 2.45. The summed E-state index contributed by atoms with van der Waals surface area (Å²) < 4.78 is 6.83. The molecule has 6 heteroatoms. The Labute approximate surface area is 129 Å². The maximum absolute atomic E-state index is 12.3. The van der Waals surface area contributed by atoms with Crippen LogP contribution in [0.15, 0.2) is 38.1 Å². The molecule has 2 N–H and O–H groups in total. The molecule has 2 aliphatic rings. The number of guanidine groups is 1. The van der Waals surface area contributed by atoms with Crippen molar-refractivity contribution in [2.75, 3.05) is 0 Å². The van der Waals surface area contributed by atoms with Crippen LogP contribution in [0, 0.1) is 0 Å². The third-order valence-electron chi connectivity index (χ3n) is 3.88. The standard InChI is InChI=1S/C15H14BrN3O2/c1-15(13(20)18-14(19-15)17-10-3-4-10)12-7-8-6-9(16)2-5-11(8)21-12/h2,5-7,10H,3-4H2,1H3,(H2,17,18,19,20). The lowest BCUT2D eigenvalue weighted by atomic mass is 9.99. The molecule has 1 saturated heterocycles. The van der Waals surface area contributed by atoms with Gasteiger partial charge in [-0.3, -0.25) is 10.1 Å². The molecule has 2 heterocycles. The minimum atomic E-state index is -0.917. The highest BCUT2D eigenvalue weighted by atomic mass is 79.9. The van der Waals surface area contributed by atoms with Crippen LogP contribution in [-0.4, -0.2) is 17.9 Å². The fraction of sp³-hybridized carbons (Fsp3) is 0.333. The van der Waals surface area contributed by atoms with Crippen molar-refractivity contribution >= 4 is 38.8 Å². The molecular formula is C15H14BrN3O2. The van der Waals surface area contributed by atoms with E-state index in [-0.39, 0.29) is 5.91 Å². The van der Waals surface area contributed by atoms with E-state index in [1.165, 1.54) is 0 Å². The Hall–Kier alpha value is -1.82. The predicted molar refractivity (Wildman–Crippen MR) is 83.0 cm³/mol. The minimum absolute atomic E-state index is 0.139. The number of amides is 1. The number of furan rings is 1. The van der Waals surface area contributed by atoms with Gasteiger partial charge >= 0.3 is 0 Å². The van der Waals surface area contributed by atoms with Gasteiger partial charge in [0.2, 0.25) is 0 Å². The first kappa shape index (κ1) is 12.9. The molecule has 0 spiro atoms. The van der Waals surface area contributed by atoms with E-state index in [0.717, 1.165) is 28.3 Å². The van der Waals surface area contributed by atoms with E-state index in [0.29, 0.717) is 17.8 Å². The van der Waals surface area contributed by atoms with Crippen molar-refractivity contribution < 1.29 is 9.21 Å². The maximum Gasteiger partial charge on any atom is 0.260 e. The fourth-order valence-corrected chi connectivity index (χ4v) is 2.82. The van der Waals surface area contributed by atoms with Gasteiger partial charge in [0.15, 0.2) is 11.5 Å². The molecule has 1 aromatic carbocycles. The highest BCUT2D eigenvalue weighted by molar-refractivity contribution is 9.10. The summed E-state index contributed by atoms with van der Waals surface area (Å²) >= 11 is 3.44. The minimum Gasteiger partial charge on any atom is -0.458 e. The van der Waals surface area contributed by atoms with Gasteiger partial charge in [-0.1, -0.05) is 15.9 Å². The number of carbonyl (C=O) groups is 1. The Morgan fingerprint density at radius 2 is 2.19 bits per heavy atom. The van der Waals surface area contributed by atoms with Crippen LogP contribution in [0.2, 0.25) is 0 Å². The van der Waals surface area contributed by atoms with Crippen molar-refractivity contribution in [1.29, 1.82) is 0 Å². The lowest BCUT2D eigenvalue weighted by Crippen LogP contribution is -2.40. The van der Waals surface area contributed by atoms with Crippen molar-refractivity contribution in [1.82, 2.24) is 10.6 Å². The Morgan fingerprint density at radius 3 is 2.95 bits per heavy atom. The number of hydrogen-bond acceptors (Lipinski definition) is 3. The number of rotatable bonds is 2. The average molecular weight is 348 g/mol. The zero-order chi connectivity index (χ0) is 14.6. The largest absolute Gasteiger partial charge is 0.458 e. The molecule has 1 aliphatic heterocycles. The Morgan fingerprint density at radius 1 is 1.38 bits per heavy atom. The molecular weight excluding hydrogens is 334 g/mol. The predicted octanol–water partition coefficient (Wildman–Crippen LogP) is 2.65. The molecule has 0 bridgehead atoms. The van der Waals surface area contributed by atoms with Gasteiger partial charge in [-0.05, 0) is 44.0 Å². The summed E-state index contributed by atoms with van der Waals surface area (Å²) in [4.78, 5) is 16.8. The fourth-order valence-electron chi connectivity index (χ4n) is 2.44. The molecule has 108 valence electrons. The van der Waals surface area contributed by atoms with E-state index in [1.54, 1.807) is 0 Å². The summed E-state index contributed by atoms with van der Waals surface area (Å²) in [6.07, 6.45) is 2.19. The number of hydrogen-bond donors (Lipinski definition) is 2. The molecule has 2 aromatic rings. The summed E-state index contributed by atoms with van der Waals surface area (Å²) in [5.41, 5.74) is -0.157.